The largest absolute Gasteiger partial charge is 0.488 e. The SMILES string of the molecule is CCc1c(CC(C)(C)C)c(OC(C)(C)C)c(CC(C)(C)C)c(CC)c1S(C)(=O)=O.CCc1c(Cl)c(CC)c(CC(C)(C)C)c(OC(C)(C)C)c1CC(C)(C)C.CCc1c(F)c(CC)c(CC(C)(C)C)c(OC(C)(C)C)c1CC(C)(C)C. The van der Waals surface area contributed by atoms with E-state index in [1.54, 1.807) is 0 Å². The van der Waals surface area contributed by atoms with Crippen LogP contribution in [0.1, 0.15) is 295 Å². The average Bonchev–Trinajstić information content (AvgIpc) is 3.21. The van der Waals surface area contributed by atoms with Crippen LogP contribution in [0.4, 0.5) is 4.39 Å². The molecule has 468 valence electrons. The third-order valence-corrected chi connectivity index (χ3v) is 15.1. The quantitative estimate of drug-likeness (QED) is 0.143. The third-order valence-electron chi connectivity index (χ3n) is 13.4. The zero-order valence-corrected chi connectivity index (χ0v) is 60.8. The molecule has 0 aliphatic carbocycles. The minimum absolute atomic E-state index is 0.00485. The van der Waals surface area contributed by atoms with E-state index in [0.717, 1.165) is 118 Å². The Morgan fingerprint density at radius 2 is 0.494 bits per heavy atom. The Balaban J connectivity index is 0.000000609. The van der Waals surface area contributed by atoms with Crippen LogP contribution >= 0.6 is 11.6 Å². The van der Waals surface area contributed by atoms with E-state index in [0.29, 0.717) is 30.6 Å². The second kappa shape index (κ2) is 28.2. The predicted molar refractivity (Wildman–Crippen MR) is 354 cm³/mol. The highest BCUT2D eigenvalue weighted by molar-refractivity contribution is 7.90. The Morgan fingerprint density at radius 1 is 0.321 bits per heavy atom. The summed E-state index contributed by atoms with van der Waals surface area (Å²) < 4.78 is 61.2. The van der Waals surface area contributed by atoms with Gasteiger partial charge in [-0.3, -0.25) is 0 Å². The molecule has 0 amide bonds. The molecule has 3 aromatic carbocycles. The van der Waals surface area contributed by atoms with Crippen LogP contribution in [0.25, 0.3) is 0 Å². The van der Waals surface area contributed by atoms with Gasteiger partial charge in [0.05, 0.1) is 4.90 Å². The zero-order chi connectivity index (χ0) is 64.0. The standard InChI is InChI=1S/C25H44O3S.C24H41ClO.C24H41FO/c1-13-17-19(15-23(3,4)5)21(28-25(9,10)11)20(16-24(6,7)8)18(14-2)22(17)29(12,26)27;2*1-12-16-18(14-22(3,4)5)21(26-24(9,10)11)19(15-23(6,7)8)17(13-2)20(16)25/h13-16H2,1-12H3;2*12-15H2,1-11H3. The van der Waals surface area contributed by atoms with Gasteiger partial charge >= 0.3 is 0 Å². The summed E-state index contributed by atoms with van der Waals surface area (Å²) in [6.45, 7) is 71.7. The van der Waals surface area contributed by atoms with Crippen LogP contribution in [0, 0.1) is 38.3 Å². The molecule has 0 radical (unpaired) electrons. The molecular weight excluding hydrogens is 1040 g/mol. The summed E-state index contributed by atoms with van der Waals surface area (Å²) in [4.78, 5) is 0.544. The lowest BCUT2D eigenvalue weighted by Gasteiger charge is -2.34. The average molecular weight is 1170 g/mol. The second-order valence-electron chi connectivity index (χ2n) is 33.6. The molecule has 0 bridgehead atoms. The van der Waals surface area contributed by atoms with Crippen LogP contribution < -0.4 is 14.2 Å². The fraction of sp³-hybridized carbons (Fsp3) is 0.753. The smallest absolute Gasteiger partial charge is 0.176 e. The predicted octanol–water partition coefficient (Wildman–Crippen LogP) is 21.7. The molecule has 0 aliphatic heterocycles. The number of halogens is 2. The van der Waals surface area contributed by atoms with Gasteiger partial charge in [-0.2, -0.15) is 0 Å². The van der Waals surface area contributed by atoms with Crippen LogP contribution in [0.5, 0.6) is 17.2 Å². The lowest BCUT2D eigenvalue weighted by Crippen LogP contribution is -2.28. The molecule has 5 nitrogen and oxygen atoms in total. The van der Waals surface area contributed by atoms with Gasteiger partial charge in [0, 0.05) is 22.4 Å². The first-order valence-electron chi connectivity index (χ1n) is 31.2. The summed E-state index contributed by atoms with van der Waals surface area (Å²) in [5.41, 5.74) is 12.7. The molecule has 81 heavy (non-hydrogen) atoms. The van der Waals surface area contributed by atoms with Crippen molar-refractivity contribution in [2.24, 2.45) is 32.5 Å². The molecule has 0 fully saturated rings. The lowest BCUT2D eigenvalue weighted by atomic mass is 9.79. The van der Waals surface area contributed by atoms with E-state index in [4.69, 9.17) is 25.8 Å². The maximum Gasteiger partial charge on any atom is 0.176 e. The number of rotatable bonds is 16. The lowest BCUT2D eigenvalue weighted by molar-refractivity contribution is 0.125. The number of benzene rings is 3. The highest BCUT2D eigenvalue weighted by Gasteiger charge is 2.35. The van der Waals surface area contributed by atoms with E-state index in [2.05, 4.69) is 215 Å². The second-order valence-corrected chi connectivity index (χ2v) is 36.0. The van der Waals surface area contributed by atoms with Gasteiger partial charge in [-0.15, -0.1) is 0 Å². The molecule has 3 aromatic rings. The van der Waals surface area contributed by atoms with Gasteiger partial charge in [0.15, 0.2) is 9.84 Å². The first kappa shape index (κ1) is 76.2. The van der Waals surface area contributed by atoms with E-state index >= 15 is 4.39 Å². The minimum Gasteiger partial charge on any atom is -0.488 e. The van der Waals surface area contributed by atoms with Crippen LogP contribution in [0.15, 0.2) is 4.90 Å². The summed E-state index contributed by atoms with van der Waals surface area (Å²) >= 11 is 6.96. The first-order chi connectivity index (χ1) is 36.0. The van der Waals surface area contributed by atoms with Crippen molar-refractivity contribution in [2.45, 2.75) is 327 Å². The van der Waals surface area contributed by atoms with Crippen LogP contribution in [0.2, 0.25) is 5.02 Å². The van der Waals surface area contributed by atoms with Crippen molar-refractivity contribution in [1.82, 2.24) is 0 Å². The van der Waals surface area contributed by atoms with Gasteiger partial charge in [-0.25, -0.2) is 12.8 Å². The van der Waals surface area contributed by atoms with E-state index < -0.39 is 9.84 Å². The van der Waals surface area contributed by atoms with Gasteiger partial charge in [-0.05, 0) is 227 Å². The van der Waals surface area contributed by atoms with Crippen LogP contribution in [-0.4, -0.2) is 31.5 Å². The maximum absolute atomic E-state index is 15.5. The molecule has 0 atom stereocenters. The molecule has 0 spiro atoms. The molecule has 0 saturated heterocycles. The van der Waals surface area contributed by atoms with E-state index in [1.165, 1.54) is 28.5 Å². The Kier molecular flexibility index (Phi) is 26.5. The molecule has 0 saturated carbocycles. The fourth-order valence-electron chi connectivity index (χ4n) is 11.0. The van der Waals surface area contributed by atoms with Crippen LogP contribution in [0.3, 0.4) is 0 Å². The molecule has 0 aromatic heterocycles. The number of sulfone groups is 1. The summed E-state index contributed by atoms with van der Waals surface area (Å²) in [5, 5.41) is 0.967. The topological polar surface area (TPSA) is 61.8 Å². The minimum atomic E-state index is -3.36. The number of ether oxygens (including phenoxy) is 3. The maximum atomic E-state index is 15.5. The highest BCUT2D eigenvalue weighted by atomic mass is 35.5. The number of hydrogen-bond donors (Lipinski definition) is 0. The van der Waals surface area contributed by atoms with Gasteiger partial charge in [0.2, 0.25) is 0 Å². The van der Waals surface area contributed by atoms with Gasteiger partial charge in [0.1, 0.15) is 39.9 Å². The zero-order valence-electron chi connectivity index (χ0n) is 59.2. The van der Waals surface area contributed by atoms with E-state index in [9.17, 15) is 8.42 Å². The van der Waals surface area contributed by atoms with Crippen molar-refractivity contribution in [1.29, 1.82) is 0 Å². The summed E-state index contributed by atoms with van der Waals surface area (Å²) in [5.74, 6) is 2.95. The molecule has 0 aliphatic rings. The van der Waals surface area contributed by atoms with Crippen molar-refractivity contribution in [3.63, 3.8) is 0 Å². The first-order valence-corrected chi connectivity index (χ1v) is 33.4. The summed E-state index contributed by atoms with van der Waals surface area (Å²) in [6.07, 6.45) is 11.1. The highest BCUT2D eigenvalue weighted by Crippen LogP contribution is 2.47. The monoisotopic (exact) mass is 1170 g/mol. The van der Waals surface area contributed by atoms with Gasteiger partial charge < -0.3 is 14.2 Å². The van der Waals surface area contributed by atoms with Crippen molar-refractivity contribution < 1.29 is 27.0 Å². The molecular formula is C73H126ClFO5S. The van der Waals surface area contributed by atoms with E-state index in [1.807, 2.05) is 13.8 Å². The normalized spacial score (nSPS) is 13.4. The fourth-order valence-corrected chi connectivity index (χ4v) is 12.9. The van der Waals surface area contributed by atoms with Crippen molar-refractivity contribution in [3.05, 3.63) is 77.6 Å². The van der Waals surface area contributed by atoms with Crippen molar-refractivity contribution in [3.8, 4) is 17.2 Å². The molecule has 0 N–H and O–H groups in total. The molecule has 3 rings (SSSR count). The third kappa shape index (κ3) is 25.0. The molecule has 0 unspecified atom stereocenters. The van der Waals surface area contributed by atoms with Gasteiger partial charge in [0.25, 0.3) is 0 Å². The Morgan fingerprint density at radius 3 is 0.642 bits per heavy atom. The Bertz CT molecular complexity index is 2410. The van der Waals surface area contributed by atoms with E-state index in [-0.39, 0.29) is 55.1 Å². The summed E-state index contributed by atoms with van der Waals surface area (Å²) in [6, 6.07) is 0. The van der Waals surface area contributed by atoms with Crippen molar-refractivity contribution >= 4 is 21.4 Å². The molecule has 8 heteroatoms. The van der Waals surface area contributed by atoms with Gasteiger partial charge in [-0.1, -0.05) is 178 Å². The Labute approximate surface area is 506 Å². The van der Waals surface area contributed by atoms with Crippen molar-refractivity contribution in [2.75, 3.05) is 6.26 Å². The summed E-state index contributed by atoms with van der Waals surface area (Å²) in [7, 11) is -3.36. The Hall–Kier alpha value is -2.77. The number of hydrogen-bond acceptors (Lipinski definition) is 5. The van der Waals surface area contributed by atoms with Crippen LogP contribution in [-0.2, 0) is 86.9 Å². The molecule has 0 heterocycles.